The fourth-order valence-corrected chi connectivity index (χ4v) is 1.91. The average Bonchev–Trinajstić information content (AvgIpc) is 3.06. The molecule has 0 saturated carbocycles. The number of nitrogens with zero attached hydrogens (tertiary/aromatic N) is 3. The zero-order chi connectivity index (χ0) is 16.8. The monoisotopic (exact) mass is 319 g/mol. The zero-order valence-electron chi connectivity index (χ0n) is 12.1. The number of nitro groups is 1. The van der Waals surface area contributed by atoms with Crippen LogP contribution in [0.5, 0.6) is 0 Å². The van der Waals surface area contributed by atoms with Gasteiger partial charge >= 0.3 is 5.97 Å². The van der Waals surface area contributed by atoms with Gasteiger partial charge in [0.25, 0.3) is 11.6 Å². The Bertz CT molecular complexity index is 715. The number of carbonyl (C=O) groups excluding carboxylic acids is 2. The molecule has 0 fully saturated rings. The van der Waals surface area contributed by atoms with Gasteiger partial charge in [0, 0.05) is 24.5 Å². The number of H-pyrrole nitrogens is 1. The molecule has 0 saturated heterocycles. The molecule has 2 N–H and O–H groups in total. The molecule has 0 unspecified atom stereocenters. The molecular weight excluding hydrogens is 306 g/mol. The quantitative estimate of drug-likeness (QED) is 0.441. The van der Waals surface area contributed by atoms with E-state index in [2.05, 4.69) is 25.0 Å². The van der Waals surface area contributed by atoms with Crippen molar-refractivity contribution in [1.29, 1.82) is 0 Å². The molecule has 2 aromatic rings. The minimum Gasteiger partial charge on any atom is -0.467 e. The molecule has 10 nitrogen and oxygen atoms in total. The van der Waals surface area contributed by atoms with E-state index in [1.54, 1.807) is 0 Å². The lowest BCUT2D eigenvalue weighted by Gasteiger charge is -2.15. The molecule has 0 aliphatic carbocycles. The lowest BCUT2D eigenvalue weighted by atomic mass is 10.1. The summed E-state index contributed by atoms with van der Waals surface area (Å²) in [6.07, 6.45) is 5.26. The van der Waals surface area contributed by atoms with Crippen molar-refractivity contribution in [3.05, 3.63) is 52.4 Å². The van der Waals surface area contributed by atoms with E-state index in [0.717, 1.165) is 6.20 Å². The Kier molecular flexibility index (Phi) is 4.97. The van der Waals surface area contributed by atoms with E-state index in [1.165, 1.54) is 31.9 Å². The maximum Gasteiger partial charge on any atom is 0.328 e. The third-order valence-electron chi connectivity index (χ3n) is 3.01. The topological polar surface area (TPSA) is 140 Å². The molecule has 0 aromatic carbocycles. The highest BCUT2D eigenvalue weighted by molar-refractivity contribution is 5.99. The van der Waals surface area contributed by atoms with Crippen molar-refractivity contribution in [2.75, 3.05) is 7.11 Å². The van der Waals surface area contributed by atoms with Gasteiger partial charge in [-0.25, -0.2) is 9.78 Å². The summed E-state index contributed by atoms with van der Waals surface area (Å²) < 4.78 is 4.64. The Morgan fingerprint density at radius 3 is 2.83 bits per heavy atom. The molecule has 2 heterocycles. The number of pyridine rings is 1. The number of imidazole rings is 1. The molecule has 2 aromatic heterocycles. The maximum absolute atomic E-state index is 12.3. The largest absolute Gasteiger partial charge is 0.467 e. The van der Waals surface area contributed by atoms with Crippen LogP contribution in [0.3, 0.4) is 0 Å². The third kappa shape index (κ3) is 3.87. The van der Waals surface area contributed by atoms with Crippen molar-refractivity contribution in [2.45, 2.75) is 12.5 Å². The van der Waals surface area contributed by atoms with Gasteiger partial charge in [-0.1, -0.05) is 0 Å². The summed E-state index contributed by atoms with van der Waals surface area (Å²) in [5, 5.41) is 13.4. The lowest BCUT2D eigenvalue weighted by molar-refractivity contribution is -0.385. The highest BCUT2D eigenvalue weighted by Gasteiger charge is 2.26. The minimum absolute atomic E-state index is 0.108. The summed E-state index contributed by atoms with van der Waals surface area (Å²) in [6.45, 7) is 0. The molecular formula is C13H13N5O5. The molecule has 0 aliphatic rings. The second-order valence-electron chi connectivity index (χ2n) is 4.48. The predicted octanol–water partition coefficient (Wildman–Crippen LogP) is 0.227. The Labute approximate surface area is 130 Å². The van der Waals surface area contributed by atoms with Gasteiger partial charge in [0.05, 0.1) is 18.4 Å². The molecule has 10 heteroatoms. The average molecular weight is 319 g/mol. The Hall–Kier alpha value is -3.30. The van der Waals surface area contributed by atoms with E-state index in [1.807, 2.05) is 0 Å². The zero-order valence-corrected chi connectivity index (χ0v) is 12.1. The molecule has 0 spiro atoms. The lowest BCUT2D eigenvalue weighted by Crippen LogP contribution is -2.43. The SMILES string of the molecule is COC(=O)[C@@H](Cc1cnc[nH]1)NC(=O)c1ccncc1[N+](=O)[O-]. The molecule has 2 rings (SSSR count). The van der Waals surface area contributed by atoms with Crippen molar-refractivity contribution < 1.29 is 19.2 Å². The smallest absolute Gasteiger partial charge is 0.328 e. The van der Waals surface area contributed by atoms with Gasteiger partial charge in [0.2, 0.25) is 0 Å². The highest BCUT2D eigenvalue weighted by Crippen LogP contribution is 2.16. The van der Waals surface area contributed by atoms with Crippen molar-refractivity contribution in [1.82, 2.24) is 20.3 Å². The van der Waals surface area contributed by atoms with Gasteiger partial charge in [0.15, 0.2) is 0 Å². The summed E-state index contributed by atoms with van der Waals surface area (Å²) in [7, 11) is 1.18. The van der Waals surface area contributed by atoms with Crippen LogP contribution in [0.15, 0.2) is 31.0 Å². The van der Waals surface area contributed by atoms with Crippen LogP contribution >= 0.6 is 0 Å². The first kappa shape index (κ1) is 16.1. The van der Waals surface area contributed by atoms with Crippen LogP contribution in [-0.2, 0) is 16.0 Å². The van der Waals surface area contributed by atoms with E-state index in [-0.39, 0.29) is 12.0 Å². The standard InChI is InChI=1S/C13H13N5O5/c1-23-13(20)10(4-8-5-15-7-16-8)17-12(19)9-2-3-14-6-11(9)18(21)22/h2-3,5-7,10H,4H2,1H3,(H,15,16)(H,17,19)/t10-/m1/s1. The van der Waals surface area contributed by atoms with Gasteiger partial charge < -0.3 is 15.0 Å². The number of hydrogen-bond acceptors (Lipinski definition) is 7. The molecule has 0 aliphatic heterocycles. The first-order valence-corrected chi connectivity index (χ1v) is 6.47. The molecule has 23 heavy (non-hydrogen) atoms. The number of ether oxygens (including phenoxy) is 1. The van der Waals surface area contributed by atoms with Crippen LogP contribution < -0.4 is 5.32 Å². The summed E-state index contributed by atoms with van der Waals surface area (Å²) in [5.74, 6) is -1.45. The van der Waals surface area contributed by atoms with Gasteiger partial charge in [-0.2, -0.15) is 0 Å². The number of esters is 1. The summed E-state index contributed by atoms with van der Waals surface area (Å²) in [5.41, 5.74) is -0.0383. The van der Waals surface area contributed by atoms with Gasteiger partial charge in [-0.15, -0.1) is 0 Å². The minimum atomic E-state index is -1.01. The number of methoxy groups -OCH3 is 1. The van der Waals surface area contributed by atoms with Crippen LogP contribution in [0, 0.1) is 10.1 Å². The van der Waals surface area contributed by atoms with E-state index in [0.29, 0.717) is 5.69 Å². The van der Waals surface area contributed by atoms with Crippen molar-refractivity contribution in [3.63, 3.8) is 0 Å². The predicted molar refractivity (Wildman–Crippen MR) is 76.5 cm³/mol. The van der Waals surface area contributed by atoms with E-state index in [4.69, 9.17) is 0 Å². The van der Waals surface area contributed by atoms with Crippen LogP contribution in [-0.4, -0.2) is 44.9 Å². The number of aromatic nitrogens is 3. The molecule has 0 radical (unpaired) electrons. The highest BCUT2D eigenvalue weighted by atomic mass is 16.6. The fraction of sp³-hybridized carbons (Fsp3) is 0.231. The van der Waals surface area contributed by atoms with Gasteiger partial charge in [0.1, 0.15) is 17.8 Å². The third-order valence-corrected chi connectivity index (χ3v) is 3.01. The molecule has 1 atom stereocenters. The first-order chi connectivity index (χ1) is 11.0. The normalized spacial score (nSPS) is 11.5. The van der Waals surface area contributed by atoms with E-state index in [9.17, 15) is 19.7 Å². The number of aromatic amines is 1. The first-order valence-electron chi connectivity index (χ1n) is 6.47. The Morgan fingerprint density at radius 1 is 1.43 bits per heavy atom. The number of carbonyl (C=O) groups is 2. The van der Waals surface area contributed by atoms with Crippen molar-refractivity contribution in [3.8, 4) is 0 Å². The van der Waals surface area contributed by atoms with Crippen LogP contribution in [0.25, 0.3) is 0 Å². The summed E-state index contributed by atoms with van der Waals surface area (Å²) in [6, 6.07) is 0.193. The van der Waals surface area contributed by atoms with E-state index >= 15 is 0 Å². The second kappa shape index (κ2) is 7.11. The van der Waals surface area contributed by atoms with Crippen molar-refractivity contribution >= 4 is 17.6 Å². The van der Waals surface area contributed by atoms with E-state index < -0.39 is 28.5 Å². The second-order valence-corrected chi connectivity index (χ2v) is 4.48. The molecule has 1 amide bonds. The Morgan fingerprint density at radius 2 is 2.22 bits per heavy atom. The summed E-state index contributed by atoms with van der Waals surface area (Å²) in [4.78, 5) is 44.5. The van der Waals surface area contributed by atoms with Crippen LogP contribution in [0.1, 0.15) is 16.1 Å². The fourth-order valence-electron chi connectivity index (χ4n) is 1.91. The number of hydrogen-bond donors (Lipinski definition) is 2. The number of amides is 1. The molecule has 120 valence electrons. The Balaban J connectivity index is 2.20. The maximum atomic E-state index is 12.3. The van der Waals surface area contributed by atoms with Crippen molar-refractivity contribution in [2.24, 2.45) is 0 Å². The van der Waals surface area contributed by atoms with Crippen LogP contribution in [0.4, 0.5) is 5.69 Å². The van der Waals surface area contributed by atoms with Crippen LogP contribution in [0.2, 0.25) is 0 Å². The molecule has 0 bridgehead atoms. The summed E-state index contributed by atoms with van der Waals surface area (Å²) >= 11 is 0. The van der Waals surface area contributed by atoms with Gasteiger partial charge in [-0.3, -0.25) is 19.9 Å². The van der Waals surface area contributed by atoms with Gasteiger partial charge in [-0.05, 0) is 6.07 Å². The number of rotatable bonds is 6. The number of nitrogens with one attached hydrogen (secondary N) is 2.